The Hall–Kier alpha value is -2.65. The highest BCUT2D eigenvalue weighted by Crippen LogP contribution is 2.35. The minimum absolute atomic E-state index is 0.207. The second kappa shape index (κ2) is 7.64. The van der Waals surface area contributed by atoms with Crippen LogP contribution in [0.4, 0.5) is 5.69 Å². The summed E-state index contributed by atoms with van der Waals surface area (Å²) < 4.78 is 32.4. The van der Waals surface area contributed by atoms with E-state index in [0.29, 0.717) is 30.1 Å². The van der Waals surface area contributed by atoms with E-state index in [0.717, 1.165) is 12.8 Å². The Kier molecular flexibility index (Phi) is 5.18. The van der Waals surface area contributed by atoms with Crippen molar-refractivity contribution in [1.29, 1.82) is 0 Å². The predicted molar refractivity (Wildman–Crippen MR) is 106 cm³/mol. The van der Waals surface area contributed by atoms with Crippen molar-refractivity contribution in [3.05, 3.63) is 47.9 Å². The van der Waals surface area contributed by atoms with Crippen LogP contribution in [0.15, 0.2) is 45.9 Å². The van der Waals surface area contributed by atoms with Crippen LogP contribution in [0.1, 0.15) is 31.1 Å². The number of rotatable bonds is 5. The van der Waals surface area contributed by atoms with E-state index in [2.05, 4.69) is 5.32 Å². The molecule has 9 heteroatoms. The molecular weight excluding hydrogens is 394 g/mol. The molecule has 2 aliphatic rings. The number of hydrogen-bond donors (Lipinski definition) is 1. The van der Waals surface area contributed by atoms with Crippen LogP contribution >= 0.6 is 0 Å². The van der Waals surface area contributed by atoms with Crippen LogP contribution in [0.5, 0.6) is 0 Å². The Labute approximate surface area is 169 Å². The average molecular weight is 417 g/mol. The molecule has 0 radical (unpaired) electrons. The lowest BCUT2D eigenvalue weighted by Gasteiger charge is -2.23. The third kappa shape index (κ3) is 3.67. The molecule has 1 saturated heterocycles. The Morgan fingerprint density at radius 2 is 1.97 bits per heavy atom. The highest BCUT2D eigenvalue weighted by molar-refractivity contribution is 7.89. The van der Waals surface area contributed by atoms with Crippen LogP contribution in [0.25, 0.3) is 0 Å². The van der Waals surface area contributed by atoms with Crippen molar-refractivity contribution < 1.29 is 22.4 Å². The van der Waals surface area contributed by atoms with Crippen molar-refractivity contribution in [3.8, 4) is 0 Å². The molecule has 1 aromatic heterocycles. The monoisotopic (exact) mass is 417 g/mol. The first-order valence-corrected chi connectivity index (χ1v) is 11.0. The predicted octanol–water partition coefficient (Wildman–Crippen LogP) is 1.66. The quantitative estimate of drug-likeness (QED) is 0.798. The lowest BCUT2D eigenvalue weighted by Crippen LogP contribution is -2.47. The number of nitrogens with zero attached hydrogens (tertiary/aromatic N) is 2. The molecule has 2 aromatic rings. The molecule has 29 heavy (non-hydrogen) atoms. The Bertz CT molecular complexity index is 1030. The maximum Gasteiger partial charge on any atom is 0.243 e. The summed E-state index contributed by atoms with van der Waals surface area (Å²) in [5.74, 6) is 0.0380. The van der Waals surface area contributed by atoms with E-state index in [1.54, 1.807) is 24.3 Å². The number of amides is 2. The van der Waals surface area contributed by atoms with Crippen LogP contribution in [-0.2, 0) is 32.6 Å². The summed E-state index contributed by atoms with van der Waals surface area (Å²) in [4.78, 5) is 26.6. The fourth-order valence-corrected chi connectivity index (χ4v) is 5.54. The first kappa shape index (κ1) is 19.7. The molecule has 154 valence electrons. The molecule has 0 bridgehead atoms. The fourth-order valence-electron chi connectivity index (χ4n) is 3.97. The van der Waals surface area contributed by atoms with E-state index in [-0.39, 0.29) is 29.7 Å². The minimum Gasteiger partial charge on any atom is -0.467 e. The number of carbonyl (C=O) groups is 2. The maximum absolute atomic E-state index is 12.9. The SMILES string of the molecule is CC(=O)N1c2ccc(S(=O)(=O)N3CCCC3)cc2C[C@H]1C(=O)NCc1ccco1. The van der Waals surface area contributed by atoms with Crippen molar-refractivity contribution in [2.45, 2.75) is 43.7 Å². The second-order valence-corrected chi connectivity index (χ2v) is 9.25. The van der Waals surface area contributed by atoms with Gasteiger partial charge in [-0.05, 0) is 48.7 Å². The van der Waals surface area contributed by atoms with Crippen molar-refractivity contribution in [2.75, 3.05) is 18.0 Å². The molecule has 0 saturated carbocycles. The molecule has 0 unspecified atom stereocenters. The molecule has 1 atom stereocenters. The summed E-state index contributed by atoms with van der Waals surface area (Å²) in [5.41, 5.74) is 1.26. The summed E-state index contributed by atoms with van der Waals surface area (Å²) in [7, 11) is -3.56. The van der Waals surface area contributed by atoms with Gasteiger partial charge in [0.05, 0.1) is 17.7 Å². The molecule has 1 N–H and O–H groups in total. The zero-order valence-electron chi connectivity index (χ0n) is 16.1. The third-order valence-corrected chi connectivity index (χ3v) is 7.29. The average Bonchev–Trinajstić information content (AvgIpc) is 3.45. The van der Waals surface area contributed by atoms with E-state index in [1.807, 2.05) is 0 Å². The van der Waals surface area contributed by atoms with E-state index in [9.17, 15) is 18.0 Å². The van der Waals surface area contributed by atoms with Gasteiger partial charge in [-0.1, -0.05) is 0 Å². The van der Waals surface area contributed by atoms with Gasteiger partial charge in [-0.15, -0.1) is 0 Å². The Morgan fingerprint density at radius 1 is 1.21 bits per heavy atom. The van der Waals surface area contributed by atoms with Gasteiger partial charge in [0, 0.05) is 32.1 Å². The van der Waals surface area contributed by atoms with Crippen molar-refractivity contribution in [3.63, 3.8) is 0 Å². The van der Waals surface area contributed by atoms with E-state index in [4.69, 9.17) is 4.42 Å². The largest absolute Gasteiger partial charge is 0.467 e. The molecule has 2 aliphatic heterocycles. The van der Waals surface area contributed by atoms with Gasteiger partial charge < -0.3 is 9.73 Å². The lowest BCUT2D eigenvalue weighted by atomic mass is 10.1. The van der Waals surface area contributed by atoms with E-state index >= 15 is 0 Å². The number of carbonyl (C=O) groups excluding carboxylic acids is 2. The molecule has 1 fully saturated rings. The van der Waals surface area contributed by atoms with Crippen LogP contribution in [-0.4, -0.2) is 43.7 Å². The molecule has 4 rings (SSSR count). The first-order valence-electron chi connectivity index (χ1n) is 9.61. The Balaban J connectivity index is 1.57. The normalized spacial score (nSPS) is 19.3. The summed E-state index contributed by atoms with van der Waals surface area (Å²) in [5, 5.41) is 2.78. The summed E-state index contributed by atoms with van der Waals surface area (Å²) in [6.45, 7) is 2.67. The minimum atomic E-state index is -3.56. The number of benzene rings is 1. The van der Waals surface area contributed by atoms with Gasteiger partial charge in [0.1, 0.15) is 11.8 Å². The number of hydrogen-bond acceptors (Lipinski definition) is 5. The molecule has 0 aliphatic carbocycles. The molecule has 8 nitrogen and oxygen atoms in total. The van der Waals surface area contributed by atoms with Gasteiger partial charge in [-0.2, -0.15) is 4.31 Å². The maximum atomic E-state index is 12.9. The first-order chi connectivity index (χ1) is 13.9. The summed E-state index contributed by atoms with van der Waals surface area (Å²) >= 11 is 0. The number of furan rings is 1. The van der Waals surface area contributed by atoms with Gasteiger partial charge in [-0.25, -0.2) is 8.42 Å². The van der Waals surface area contributed by atoms with Crippen molar-refractivity contribution in [1.82, 2.24) is 9.62 Å². The number of anilines is 1. The highest BCUT2D eigenvalue weighted by atomic mass is 32.2. The van der Waals surface area contributed by atoms with Crippen LogP contribution in [0.3, 0.4) is 0 Å². The second-order valence-electron chi connectivity index (χ2n) is 7.31. The van der Waals surface area contributed by atoms with Gasteiger partial charge in [0.15, 0.2) is 0 Å². The van der Waals surface area contributed by atoms with Crippen LogP contribution in [0.2, 0.25) is 0 Å². The third-order valence-electron chi connectivity index (χ3n) is 5.40. The van der Waals surface area contributed by atoms with Gasteiger partial charge in [-0.3, -0.25) is 14.5 Å². The molecule has 2 amide bonds. The summed E-state index contributed by atoms with van der Waals surface area (Å²) in [6, 6.07) is 7.50. The van der Waals surface area contributed by atoms with Gasteiger partial charge >= 0.3 is 0 Å². The topological polar surface area (TPSA) is 99.9 Å². The molecule has 1 aromatic carbocycles. The zero-order valence-corrected chi connectivity index (χ0v) is 16.9. The Morgan fingerprint density at radius 3 is 2.62 bits per heavy atom. The highest BCUT2D eigenvalue weighted by Gasteiger charge is 2.38. The standard InChI is InChI=1S/C20H23N3O5S/c1-14(24)23-18-7-6-17(29(26,27)22-8-2-3-9-22)11-15(18)12-19(23)20(25)21-13-16-5-4-10-28-16/h4-7,10-11,19H,2-3,8-9,12-13H2,1H3,(H,21,25)/t19-/m0/s1. The van der Waals surface area contributed by atoms with Gasteiger partial charge in [0.25, 0.3) is 0 Å². The van der Waals surface area contributed by atoms with E-state index in [1.165, 1.54) is 28.5 Å². The number of fused-ring (bicyclic) bond motifs is 1. The number of nitrogens with one attached hydrogen (secondary N) is 1. The van der Waals surface area contributed by atoms with Crippen LogP contribution in [0, 0.1) is 0 Å². The lowest BCUT2D eigenvalue weighted by molar-refractivity contribution is -0.125. The molecule has 3 heterocycles. The number of sulfonamides is 1. The van der Waals surface area contributed by atoms with Crippen molar-refractivity contribution >= 4 is 27.5 Å². The smallest absolute Gasteiger partial charge is 0.243 e. The fraction of sp³-hybridized carbons (Fsp3) is 0.400. The summed E-state index contributed by atoms with van der Waals surface area (Å²) in [6.07, 6.45) is 3.51. The van der Waals surface area contributed by atoms with Crippen molar-refractivity contribution in [2.24, 2.45) is 0 Å². The zero-order chi connectivity index (χ0) is 20.6. The van der Waals surface area contributed by atoms with E-state index < -0.39 is 16.1 Å². The molecular formula is C20H23N3O5S. The van der Waals surface area contributed by atoms with Crippen LogP contribution < -0.4 is 10.2 Å². The van der Waals surface area contributed by atoms with Gasteiger partial charge in [0.2, 0.25) is 21.8 Å². The molecule has 0 spiro atoms.